The molecule has 0 aliphatic rings. The molecule has 1 heteroatoms. The van der Waals surface area contributed by atoms with Gasteiger partial charge >= 0.3 is 0 Å². The largest absolute Gasteiger partial charge is 0.313 e. The Hall–Kier alpha value is -0.820. The molecule has 0 spiro atoms. The Morgan fingerprint density at radius 2 is 1.93 bits per heavy atom. The third kappa shape index (κ3) is 3.15. The SMILES string of the molecule is CCCNCc1ccccc1C(C)C. The summed E-state index contributed by atoms with van der Waals surface area (Å²) >= 11 is 0. The minimum absolute atomic E-state index is 0.620. The molecule has 1 aromatic carbocycles. The Morgan fingerprint density at radius 1 is 1.21 bits per heavy atom. The van der Waals surface area contributed by atoms with Crippen LogP contribution < -0.4 is 5.32 Å². The predicted octanol–water partition coefficient (Wildman–Crippen LogP) is 3.31. The molecule has 0 amide bonds. The molecule has 1 aromatic rings. The van der Waals surface area contributed by atoms with Gasteiger partial charge in [0.25, 0.3) is 0 Å². The Morgan fingerprint density at radius 3 is 2.57 bits per heavy atom. The first kappa shape index (κ1) is 11.3. The van der Waals surface area contributed by atoms with Crippen LogP contribution in [-0.4, -0.2) is 6.54 Å². The summed E-state index contributed by atoms with van der Waals surface area (Å²) in [5.74, 6) is 0.620. The zero-order valence-electron chi connectivity index (χ0n) is 9.51. The van der Waals surface area contributed by atoms with Crippen LogP contribution in [0.25, 0.3) is 0 Å². The first-order chi connectivity index (χ1) is 6.75. The second kappa shape index (κ2) is 5.82. The smallest absolute Gasteiger partial charge is 0.0208 e. The highest BCUT2D eigenvalue weighted by Gasteiger charge is 2.04. The van der Waals surface area contributed by atoms with Gasteiger partial charge in [-0.05, 0) is 30.0 Å². The summed E-state index contributed by atoms with van der Waals surface area (Å²) in [6, 6.07) is 8.69. The monoisotopic (exact) mass is 191 g/mol. The fourth-order valence-corrected chi connectivity index (χ4v) is 1.66. The van der Waals surface area contributed by atoms with E-state index in [2.05, 4.69) is 50.4 Å². The van der Waals surface area contributed by atoms with Gasteiger partial charge in [0, 0.05) is 6.54 Å². The fourth-order valence-electron chi connectivity index (χ4n) is 1.66. The Kier molecular flexibility index (Phi) is 4.68. The van der Waals surface area contributed by atoms with Gasteiger partial charge in [0.05, 0.1) is 0 Å². The Bertz CT molecular complexity index is 266. The zero-order valence-corrected chi connectivity index (χ0v) is 9.51. The van der Waals surface area contributed by atoms with E-state index < -0.39 is 0 Å². The highest BCUT2D eigenvalue weighted by atomic mass is 14.8. The number of hydrogen-bond donors (Lipinski definition) is 1. The molecule has 0 unspecified atom stereocenters. The summed E-state index contributed by atoms with van der Waals surface area (Å²) in [6.07, 6.45) is 1.20. The third-order valence-electron chi connectivity index (χ3n) is 2.42. The van der Waals surface area contributed by atoms with Gasteiger partial charge in [0.1, 0.15) is 0 Å². The van der Waals surface area contributed by atoms with E-state index in [9.17, 15) is 0 Å². The second-order valence-corrected chi connectivity index (χ2v) is 4.03. The Balaban J connectivity index is 2.64. The van der Waals surface area contributed by atoms with Crippen LogP contribution in [0.15, 0.2) is 24.3 Å². The second-order valence-electron chi connectivity index (χ2n) is 4.03. The van der Waals surface area contributed by atoms with Gasteiger partial charge in [-0.2, -0.15) is 0 Å². The highest BCUT2D eigenvalue weighted by Crippen LogP contribution is 2.18. The topological polar surface area (TPSA) is 12.0 Å². The van der Waals surface area contributed by atoms with Crippen LogP contribution in [0, 0.1) is 0 Å². The van der Waals surface area contributed by atoms with Crippen LogP contribution >= 0.6 is 0 Å². The lowest BCUT2D eigenvalue weighted by Gasteiger charge is -2.12. The lowest BCUT2D eigenvalue weighted by atomic mass is 9.97. The van der Waals surface area contributed by atoms with Gasteiger partial charge in [-0.3, -0.25) is 0 Å². The molecule has 0 fully saturated rings. The molecule has 0 aliphatic heterocycles. The summed E-state index contributed by atoms with van der Waals surface area (Å²) < 4.78 is 0. The van der Waals surface area contributed by atoms with Crippen molar-refractivity contribution < 1.29 is 0 Å². The van der Waals surface area contributed by atoms with Crippen molar-refractivity contribution in [3.63, 3.8) is 0 Å². The number of rotatable bonds is 5. The molecule has 1 nitrogen and oxygen atoms in total. The van der Waals surface area contributed by atoms with Gasteiger partial charge in [-0.1, -0.05) is 45.0 Å². The van der Waals surface area contributed by atoms with Gasteiger partial charge in [0.15, 0.2) is 0 Å². The summed E-state index contributed by atoms with van der Waals surface area (Å²) in [6.45, 7) is 8.80. The maximum absolute atomic E-state index is 3.45. The van der Waals surface area contributed by atoms with E-state index in [0.29, 0.717) is 5.92 Å². The zero-order chi connectivity index (χ0) is 10.4. The van der Waals surface area contributed by atoms with Gasteiger partial charge in [-0.25, -0.2) is 0 Å². The van der Waals surface area contributed by atoms with Crippen molar-refractivity contribution >= 4 is 0 Å². The van der Waals surface area contributed by atoms with Crippen molar-refractivity contribution in [3.05, 3.63) is 35.4 Å². The molecule has 78 valence electrons. The minimum Gasteiger partial charge on any atom is -0.313 e. The van der Waals surface area contributed by atoms with Crippen LogP contribution in [0.2, 0.25) is 0 Å². The van der Waals surface area contributed by atoms with Crippen molar-refractivity contribution in [2.24, 2.45) is 0 Å². The van der Waals surface area contributed by atoms with Crippen LogP contribution in [0.4, 0.5) is 0 Å². The predicted molar refractivity (Wildman–Crippen MR) is 62.5 cm³/mol. The molecule has 0 radical (unpaired) electrons. The van der Waals surface area contributed by atoms with Crippen molar-refractivity contribution in [1.29, 1.82) is 0 Å². The van der Waals surface area contributed by atoms with E-state index in [-0.39, 0.29) is 0 Å². The van der Waals surface area contributed by atoms with E-state index in [0.717, 1.165) is 13.1 Å². The van der Waals surface area contributed by atoms with Crippen molar-refractivity contribution in [2.75, 3.05) is 6.54 Å². The standard InChI is InChI=1S/C13H21N/c1-4-9-14-10-12-7-5-6-8-13(12)11(2)3/h5-8,11,14H,4,9-10H2,1-3H3. The Labute approximate surface area is 87.5 Å². The van der Waals surface area contributed by atoms with Crippen LogP contribution in [0.1, 0.15) is 44.2 Å². The molecule has 0 aromatic heterocycles. The maximum Gasteiger partial charge on any atom is 0.0208 e. The molecule has 0 heterocycles. The average molecular weight is 191 g/mol. The highest BCUT2D eigenvalue weighted by molar-refractivity contribution is 5.29. The lowest BCUT2D eigenvalue weighted by Crippen LogP contribution is -2.15. The van der Waals surface area contributed by atoms with Crippen molar-refractivity contribution in [1.82, 2.24) is 5.32 Å². The quantitative estimate of drug-likeness (QED) is 0.704. The molecule has 0 aliphatic carbocycles. The molecule has 1 N–H and O–H groups in total. The normalized spacial score (nSPS) is 10.9. The molecule has 0 bridgehead atoms. The van der Waals surface area contributed by atoms with E-state index in [4.69, 9.17) is 0 Å². The first-order valence-electron chi connectivity index (χ1n) is 5.54. The summed E-state index contributed by atoms with van der Waals surface area (Å²) in [5.41, 5.74) is 2.91. The summed E-state index contributed by atoms with van der Waals surface area (Å²) in [7, 11) is 0. The number of nitrogens with one attached hydrogen (secondary N) is 1. The van der Waals surface area contributed by atoms with E-state index in [1.165, 1.54) is 17.5 Å². The summed E-state index contributed by atoms with van der Waals surface area (Å²) in [5, 5.41) is 3.45. The minimum atomic E-state index is 0.620. The molecule has 0 saturated heterocycles. The summed E-state index contributed by atoms with van der Waals surface area (Å²) in [4.78, 5) is 0. The third-order valence-corrected chi connectivity index (χ3v) is 2.42. The van der Waals surface area contributed by atoms with E-state index >= 15 is 0 Å². The van der Waals surface area contributed by atoms with Crippen LogP contribution in [0.5, 0.6) is 0 Å². The van der Waals surface area contributed by atoms with Gasteiger partial charge < -0.3 is 5.32 Å². The molecular weight excluding hydrogens is 170 g/mol. The molecule has 1 rings (SSSR count). The van der Waals surface area contributed by atoms with Gasteiger partial charge in [0.2, 0.25) is 0 Å². The van der Waals surface area contributed by atoms with E-state index in [1.54, 1.807) is 0 Å². The maximum atomic E-state index is 3.45. The van der Waals surface area contributed by atoms with Crippen LogP contribution in [-0.2, 0) is 6.54 Å². The van der Waals surface area contributed by atoms with E-state index in [1.807, 2.05) is 0 Å². The molecular formula is C13H21N. The fraction of sp³-hybridized carbons (Fsp3) is 0.538. The van der Waals surface area contributed by atoms with Gasteiger partial charge in [-0.15, -0.1) is 0 Å². The number of benzene rings is 1. The van der Waals surface area contributed by atoms with Crippen molar-refractivity contribution in [2.45, 2.75) is 39.7 Å². The lowest BCUT2D eigenvalue weighted by molar-refractivity contribution is 0.666. The molecule has 0 saturated carbocycles. The number of hydrogen-bond acceptors (Lipinski definition) is 1. The molecule has 14 heavy (non-hydrogen) atoms. The van der Waals surface area contributed by atoms with Crippen LogP contribution in [0.3, 0.4) is 0 Å². The first-order valence-corrected chi connectivity index (χ1v) is 5.54. The molecule has 0 atom stereocenters. The van der Waals surface area contributed by atoms with Crippen molar-refractivity contribution in [3.8, 4) is 0 Å². The average Bonchev–Trinajstić information content (AvgIpc) is 2.19.